The molecule has 3 aliphatic heterocycles. The van der Waals surface area contributed by atoms with Crippen LogP contribution in [-0.4, -0.2) is 262 Å². The first kappa shape index (κ1) is 97.9. The summed E-state index contributed by atoms with van der Waals surface area (Å²) in [5, 5.41) is 66.0. The van der Waals surface area contributed by atoms with Gasteiger partial charge in [-0.3, -0.25) is 81.5 Å². The first-order chi connectivity index (χ1) is 54.4. The molecule has 0 aliphatic carbocycles. The van der Waals surface area contributed by atoms with E-state index in [4.69, 9.17) is 5.73 Å². The van der Waals surface area contributed by atoms with E-state index in [1.165, 1.54) is 116 Å². The van der Waals surface area contributed by atoms with Crippen LogP contribution in [0, 0.1) is 5.92 Å². The molecule has 0 spiro atoms. The second kappa shape index (κ2) is 40.2. The van der Waals surface area contributed by atoms with Crippen LogP contribution in [0.5, 0.6) is 0 Å². The van der Waals surface area contributed by atoms with Gasteiger partial charge in [-0.15, -0.1) is 0 Å². The summed E-state index contributed by atoms with van der Waals surface area (Å²) >= 11 is 0. The van der Waals surface area contributed by atoms with Gasteiger partial charge in [0.1, 0.15) is 80.6 Å². The Labute approximate surface area is 689 Å². The number of carbonyl (C=O) groups is 17. The number of nitrogens with zero attached hydrogens (tertiary/aromatic N) is 3. The van der Waals surface area contributed by atoms with Gasteiger partial charge in [-0.25, -0.2) is 0 Å². The van der Waals surface area contributed by atoms with Crippen LogP contribution in [0.1, 0.15) is 194 Å². The van der Waals surface area contributed by atoms with E-state index in [1.807, 2.05) is 30.3 Å². The van der Waals surface area contributed by atoms with E-state index in [-0.39, 0.29) is 57.7 Å². The van der Waals surface area contributed by atoms with Crippen molar-refractivity contribution in [2.24, 2.45) is 11.7 Å². The van der Waals surface area contributed by atoms with Gasteiger partial charge in [0.15, 0.2) is 0 Å². The molecule has 0 radical (unpaired) electrons. The van der Waals surface area contributed by atoms with E-state index in [9.17, 15) is 96.8 Å². The quantitative estimate of drug-likeness (QED) is 0.0324. The highest BCUT2D eigenvalue weighted by Crippen LogP contribution is 2.29. The maximum Gasteiger partial charge on any atom is 0.248 e. The van der Waals surface area contributed by atoms with Gasteiger partial charge in [-0.1, -0.05) is 81.4 Å². The fourth-order valence-electron chi connectivity index (χ4n) is 13.7. The smallest absolute Gasteiger partial charge is 0.248 e. The predicted molar refractivity (Wildman–Crippen MR) is 431 cm³/mol. The molecule has 2 aromatic carbocycles. The normalized spacial score (nSPS) is 18.8. The van der Waals surface area contributed by atoms with E-state index in [2.05, 4.69) is 69.1 Å². The number of rotatable bonds is 39. The van der Waals surface area contributed by atoms with E-state index >= 15 is 0 Å². The minimum Gasteiger partial charge on any atom is -0.394 e. The molecule has 0 bridgehead atoms. The van der Waals surface area contributed by atoms with Crippen LogP contribution in [0.3, 0.4) is 0 Å². The number of aliphatic hydroxyl groups excluding tert-OH is 3. The van der Waals surface area contributed by atoms with E-state index in [0.29, 0.717) is 19.3 Å². The van der Waals surface area contributed by atoms with Crippen molar-refractivity contribution in [1.29, 1.82) is 0 Å². The Morgan fingerprint density at radius 3 is 1.35 bits per heavy atom. The fourth-order valence-corrected chi connectivity index (χ4v) is 13.7. The van der Waals surface area contributed by atoms with Crippen molar-refractivity contribution in [2.75, 3.05) is 32.8 Å². The Hall–Kier alpha value is -10.7. The number of amides is 17. The van der Waals surface area contributed by atoms with Gasteiger partial charge in [0.25, 0.3) is 0 Å². The highest BCUT2D eigenvalue weighted by molar-refractivity contribution is 6.04. The summed E-state index contributed by atoms with van der Waals surface area (Å²) in [6.07, 6.45) is -3.07. The van der Waals surface area contributed by atoms with Gasteiger partial charge in [-0.05, 0) is 159 Å². The summed E-state index contributed by atoms with van der Waals surface area (Å²) in [5.74, 6) is -14.0. The molecule has 5 rings (SSSR count). The second-order valence-electron chi connectivity index (χ2n) is 35.2. The molecule has 0 aromatic heterocycles. The Bertz CT molecular complexity index is 4060. The average molecular weight is 1660 g/mol. The molecule has 654 valence electrons. The van der Waals surface area contributed by atoms with Gasteiger partial charge in [-0.2, -0.15) is 0 Å². The molecule has 17 amide bonds. The van der Waals surface area contributed by atoms with E-state index in [1.54, 1.807) is 51.1 Å². The zero-order chi connectivity index (χ0) is 89.3. The van der Waals surface area contributed by atoms with Crippen molar-refractivity contribution in [2.45, 2.75) is 295 Å². The highest BCUT2D eigenvalue weighted by atomic mass is 16.3. The number of likely N-dealkylation sites (tertiary alicyclic amines) is 3. The Balaban J connectivity index is 1.17. The number of aliphatic hydroxyl groups is 3. The first-order valence-electron chi connectivity index (χ1n) is 39.7. The third-order valence-corrected chi connectivity index (χ3v) is 20.9. The van der Waals surface area contributed by atoms with Crippen molar-refractivity contribution in [1.82, 2.24) is 83.8 Å². The number of β-amino-alcohol motifs (C(OH)–C–C–N with tert-alkyl or cyclic N) is 2. The zero-order valence-electron chi connectivity index (χ0n) is 71.4. The predicted octanol–water partition coefficient (Wildman–Crippen LogP) is -2.69. The van der Waals surface area contributed by atoms with Crippen LogP contribution in [0.15, 0.2) is 60.7 Å². The molecule has 3 saturated heterocycles. The molecule has 37 nitrogen and oxygen atoms in total. The van der Waals surface area contributed by atoms with Gasteiger partial charge in [0, 0.05) is 52.2 Å². The summed E-state index contributed by atoms with van der Waals surface area (Å²) in [6, 6.07) is 9.57. The number of nitrogens with one attached hydrogen (secondary N) is 13. The van der Waals surface area contributed by atoms with Crippen LogP contribution in [-0.2, 0) is 94.3 Å². The minimum atomic E-state index is -1.91. The van der Waals surface area contributed by atoms with Crippen molar-refractivity contribution >= 4 is 100 Å². The van der Waals surface area contributed by atoms with Gasteiger partial charge < -0.3 is 105 Å². The molecular formula is C81H125N17O20. The number of primary amides is 1. The third kappa shape index (κ3) is 26.9. The van der Waals surface area contributed by atoms with Gasteiger partial charge >= 0.3 is 0 Å². The van der Waals surface area contributed by atoms with Crippen molar-refractivity contribution in [3.8, 4) is 0 Å². The van der Waals surface area contributed by atoms with E-state index < -0.39 is 225 Å². The molecule has 37 heteroatoms. The first-order valence-corrected chi connectivity index (χ1v) is 39.7. The lowest BCUT2D eigenvalue weighted by molar-refractivity contribution is -0.149. The molecule has 10 atom stereocenters. The van der Waals surface area contributed by atoms with Crippen LogP contribution < -0.4 is 74.9 Å². The molecule has 10 unspecified atom stereocenters. The van der Waals surface area contributed by atoms with E-state index in [0.717, 1.165) is 20.9 Å². The van der Waals surface area contributed by atoms with Crippen molar-refractivity contribution in [3.63, 3.8) is 0 Å². The molecule has 118 heavy (non-hydrogen) atoms. The Morgan fingerprint density at radius 2 is 0.881 bits per heavy atom. The Kier molecular flexibility index (Phi) is 33.3. The number of carbonyl (C=O) groups excluding carboxylic acids is 17. The molecule has 3 heterocycles. The monoisotopic (exact) mass is 1660 g/mol. The lowest BCUT2D eigenvalue weighted by atomic mass is 9.94. The number of hydrogen-bond donors (Lipinski definition) is 17. The molecular weight excluding hydrogens is 1530 g/mol. The molecule has 3 aliphatic rings. The minimum absolute atomic E-state index is 0.00717. The summed E-state index contributed by atoms with van der Waals surface area (Å²) < 4.78 is 0. The summed E-state index contributed by atoms with van der Waals surface area (Å²) in [4.78, 5) is 239. The maximum atomic E-state index is 14.8. The number of nitrogens with two attached hydrogens (primary N) is 1. The van der Waals surface area contributed by atoms with Crippen LogP contribution in [0.25, 0.3) is 0 Å². The summed E-state index contributed by atoms with van der Waals surface area (Å²) in [6.45, 7) is 24.8. The van der Waals surface area contributed by atoms with Crippen LogP contribution >= 0.6 is 0 Å². The van der Waals surface area contributed by atoms with Gasteiger partial charge in [0.05, 0.1) is 31.4 Å². The zero-order valence-corrected chi connectivity index (χ0v) is 71.4. The summed E-state index contributed by atoms with van der Waals surface area (Å²) in [7, 11) is 0. The number of hydrogen-bond acceptors (Lipinski definition) is 20. The van der Waals surface area contributed by atoms with Crippen molar-refractivity contribution < 1.29 is 96.8 Å². The number of benzene rings is 2. The lowest BCUT2D eigenvalue weighted by Crippen LogP contribution is -2.68. The fraction of sp³-hybridized carbons (Fsp3) is 0.642. The second-order valence-corrected chi connectivity index (χ2v) is 35.2. The summed E-state index contributed by atoms with van der Waals surface area (Å²) in [5.41, 5.74) is -7.03. The standard InChI is InChI=1S/C81H125N17O20/c1-20-81(19,73(118)98-43-51(102)40-57(98)65(110)90-79(15,16)71(116)96-35-27-32-55(96)63(108)85-49(44-99)37-47-28-23-21-24-29-47)91-60(105)52(33-34-58(82)103)87-64(109)56-39-50(101)42-97(56)72(117)80(17,18)95-68(113)76(9,10)88-61(106)53(36-45(2)3)86-59(104)41-83-66(111)74(5,6)92-69(114)77(11,12)94-70(115)78(13,14)93-67(112)75(7,8)89-62(107)54(84-46(4)100)38-48-30-25-22-26-31-48/h21-26,28-31,45,49-57,99,101-102H,20,27,32-44H2,1-19H3,(H2,82,103)(H,83,111)(H,84,100)(H,85,108)(H,86,104)(H,87,109)(H,88,106)(H,89,107)(H,90,110)(H,91,105)(H,92,114)(H,93,112)(H,94,115)(H,95,113). The highest BCUT2D eigenvalue weighted by Gasteiger charge is 2.52. The van der Waals surface area contributed by atoms with Gasteiger partial charge in [0.2, 0.25) is 100 Å². The molecule has 0 saturated carbocycles. The average Bonchev–Trinajstić information content (AvgIpc) is 1.59. The maximum absolute atomic E-state index is 14.8. The Morgan fingerprint density at radius 1 is 0.466 bits per heavy atom. The van der Waals surface area contributed by atoms with Crippen molar-refractivity contribution in [3.05, 3.63) is 71.8 Å². The van der Waals surface area contributed by atoms with Crippen LogP contribution in [0.2, 0.25) is 0 Å². The SMILES string of the molecule is CCC(C)(NC(=O)C(CCC(N)=O)NC(=O)C1CC(O)CN1C(=O)C(C)(C)NC(=O)C(C)(C)NC(=O)C(CC(C)C)NC(=O)CNC(=O)C(C)(C)NC(=O)C(C)(C)NC(=O)C(C)(C)NC(=O)C(C)(C)NC(=O)C(Cc1ccccc1)NC(C)=O)C(=O)N1CC(O)CC1C(=O)NC(C)(C)C(=O)N1CCCC1C(=O)NC(CO)Cc1ccccc1. The molecule has 2 aromatic rings. The molecule has 3 fully saturated rings. The topological polar surface area (TPSA) is 543 Å². The molecule has 18 N–H and O–H groups in total. The lowest BCUT2D eigenvalue weighted by Gasteiger charge is -2.38. The largest absolute Gasteiger partial charge is 0.394 e. The van der Waals surface area contributed by atoms with Crippen LogP contribution in [0.4, 0.5) is 0 Å². The third-order valence-electron chi connectivity index (χ3n) is 20.9.